The Hall–Kier alpha value is -2.96. The number of rotatable bonds is 2. The van der Waals surface area contributed by atoms with Gasteiger partial charge in [0, 0.05) is 11.6 Å². The van der Waals surface area contributed by atoms with E-state index in [2.05, 4.69) is 15.2 Å². The first-order valence-electron chi connectivity index (χ1n) is 5.49. The SMILES string of the molecule is Nc1nccc(-c2ccc3cn[nH]c3c2)c1[N+](=O)[O-]. The molecule has 0 saturated carbocycles. The highest BCUT2D eigenvalue weighted by atomic mass is 16.6. The molecule has 7 nitrogen and oxygen atoms in total. The zero-order valence-corrected chi connectivity index (χ0v) is 9.70. The van der Waals surface area contributed by atoms with Crippen molar-refractivity contribution in [3.8, 4) is 11.1 Å². The molecule has 0 amide bonds. The molecule has 94 valence electrons. The molecule has 0 aliphatic rings. The lowest BCUT2D eigenvalue weighted by Crippen LogP contribution is -2.00. The van der Waals surface area contributed by atoms with Gasteiger partial charge in [-0.1, -0.05) is 12.1 Å². The highest BCUT2D eigenvalue weighted by molar-refractivity contribution is 5.87. The van der Waals surface area contributed by atoms with E-state index in [1.807, 2.05) is 6.07 Å². The molecule has 0 aliphatic carbocycles. The number of nitrogens with two attached hydrogens (primary N) is 1. The van der Waals surface area contributed by atoms with Crippen LogP contribution >= 0.6 is 0 Å². The average molecular weight is 255 g/mol. The number of fused-ring (bicyclic) bond motifs is 1. The maximum Gasteiger partial charge on any atom is 0.318 e. The topological polar surface area (TPSA) is 111 Å². The van der Waals surface area contributed by atoms with Crippen LogP contribution in [0.1, 0.15) is 0 Å². The summed E-state index contributed by atoms with van der Waals surface area (Å²) in [5.41, 5.74) is 7.34. The molecule has 0 saturated heterocycles. The van der Waals surface area contributed by atoms with Gasteiger partial charge in [-0.2, -0.15) is 5.10 Å². The Balaban J connectivity index is 2.26. The molecule has 2 heterocycles. The van der Waals surface area contributed by atoms with Gasteiger partial charge in [0.05, 0.1) is 22.2 Å². The zero-order chi connectivity index (χ0) is 13.4. The Labute approximate surface area is 107 Å². The van der Waals surface area contributed by atoms with Crippen LogP contribution in [0.25, 0.3) is 22.0 Å². The number of hydrogen-bond acceptors (Lipinski definition) is 5. The number of nitro groups is 1. The summed E-state index contributed by atoms with van der Waals surface area (Å²) in [5.74, 6) is -0.0905. The number of anilines is 1. The van der Waals surface area contributed by atoms with Crippen LogP contribution in [0.4, 0.5) is 11.5 Å². The molecular weight excluding hydrogens is 246 g/mol. The van der Waals surface area contributed by atoms with Gasteiger partial charge in [0.15, 0.2) is 0 Å². The summed E-state index contributed by atoms with van der Waals surface area (Å²) in [6, 6.07) is 7.00. The molecular formula is C12H9N5O2. The molecule has 0 aliphatic heterocycles. The third-order valence-corrected chi connectivity index (χ3v) is 2.89. The van der Waals surface area contributed by atoms with Crippen LogP contribution in [0.5, 0.6) is 0 Å². The second kappa shape index (κ2) is 4.05. The molecule has 0 atom stereocenters. The molecule has 0 unspecified atom stereocenters. The summed E-state index contributed by atoms with van der Waals surface area (Å²) in [5, 5.41) is 18.8. The average Bonchev–Trinajstić information content (AvgIpc) is 2.85. The number of pyridine rings is 1. The van der Waals surface area contributed by atoms with Crippen molar-refractivity contribution in [2.24, 2.45) is 0 Å². The van der Waals surface area contributed by atoms with E-state index >= 15 is 0 Å². The van der Waals surface area contributed by atoms with E-state index in [1.165, 1.54) is 6.20 Å². The van der Waals surface area contributed by atoms with Crippen LogP contribution in [-0.2, 0) is 0 Å². The van der Waals surface area contributed by atoms with Gasteiger partial charge in [0.25, 0.3) is 0 Å². The molecule has 0 radical (unpaired) electrons. The monoisotopic (exact) mass is 255 g/mol. The lowest BCUT2D eigenvalue weighted by molar-refractivity contribution is -0.383. The normalized spacial score (nSPS) is 10.7. The molecule has 19 heavy (non-hydrogen) atoms. The first-order chi connectivity index (χ1) is 9.16. The summed E-state index contributed by atoms with van der Waals surface area (Å²) < 4.78 is 0. The van der Waals surface area contributed by atoms with Crippen molar-refractivity contribution in [2.75, 3.05) is 5.73 Å². The molecule has 0 bridgehead atoms. The molecule has 3 rings (SSSR count). The highest BCUT2D eigenvalue weighted by Gasteiger charge is 2.20. The molecule has 2 aromatic heterocycles. The van der Waals surface area contributed by atoms with Crippen molar-refractivity contribution in [1.29, 1.82) is 0 Å². The Morgan fingerprint density at radius 2 is 2.16 bits per heavy atom. The van der Waals surface area contributed by atoms with Crippen LogP contribution in [0.3, 0.4) is 0 Å². The lowest BCUT2D eigenvalue weighted by atomic mass is 10.0. The van der Waals surface area contributed by atoms with Gasteiger partial charge in [0.2, 0.25) is 5.82 Å². The van der Waals surface area contributed by atoms with Crippen molar-refractivity contribution in [1.82, 2.24) is 15.2 Å². The standard InChI is InChI=1S/C12H9N5O2/c13-12-11(17(18)19)9(3-4-14-12)7-1-2-8-6-15-16-10(8)5-7/h1-6H,(H2,13,14)(H,15,16). The largest absolute Gasteiger partial charge is 0.378 e. The molecule has 7 heteroatoms. The number of H-pyrrole nitrogens is 1. The highest BCUT2D eigenvalue weighted by Crippen LogP contribution is 2.34. The fourth-order valence-electron chi connectivity index (χ4n) is 2.00. The summed E-state index contributed by atoms with van der Waals surface area (Å²) in [6.07, 6.45) is 3.14. The Kier molecular flexibility index (Phi) is 2.38. The van der Waals surface area contributed by atoms with E-state index in [0.29, 0.717) is 11.1 Å². The fourth-order valence-corrected chi connectivity index (χ4v) is 2.00. The van der Waals surface area contributed by atoms with Gasteiger partial charge < -0.3 is 5.73 Å². The summed E-state index contributed by atoms with van der Waals surface area (Å²) in [4.78, 5) is 14.3. The third-order valence-electron chi connectivity index (χ3n) is 2.89. The smallest absolute Gasteiger partial charge is 0.318 e. The summed E-state index contributed by atoms with van der Waals surface area (Å²) >= 11 is 0. The van der Waals surface area contributed by atoms with Gasteiger partial charge in [-0.15, -0.1) is 0 Å². The van der Waals surface area contributed by atoms with Gasteiger partial charge in [-0.05, 0) is 17.7 Å². The van der Waals surface area contributed by atoms with E-state index in [-0.39, 0.29) is 11.5 Å². The molecule has 3 aromatic rings. The van der Waals surface area contributed by atoms with Crippen LogP contribution < -0.4 is 5.73 Å². The van der Waals surface area contributed by atoms with Gasteiger partial charge in [-0.25, -0.2) is 4.98 Å². The van der Waals surface area contributed by atoms with Crippen molar-refractivity contribution in [3.63, 3.8) is 0 Å². The number of aromatic amines is 1. The Morgan fingerprint density at radius 1 is 1.32 bits per heavy atom. The number of aromatic nitrogens is 3. The zero-order valence-electron chi connectivity index (χ0n) is 9.70. The summed E-state index contributed by atoms with van der Waals surface area (Å²) in [6.45, 7) is 0. The number of nitrogens with one attached hydrogen (secondary N) is 1. The number of benzene rings is 1. The molecule has 0 fully saturated rings. The van der Waals surface area contributed by atoms with Crippen molar-refractivity contribution >= 4 is 22.4 Å². The first-order valence-corrected chi connectivity index (χ1v) is 5.49. The van der Waals surface area contributed by atoms with Crippen LogP contribution in [0, 0.1) is 10.1 Å². The quantitative estimate of drug-likeness (QED) is 0.538. The van der Waals surface area contributed by atoms with Gasteiger partial charge in [0.1, 0.15) is 0 Å². The lowest BCUT2D eigenvalue weighted by Gasteiger charge is -2.04. The minimum absolute atomic E-state index is 0.0905. The van der Waals surface area contributed by atoms with E-state index in [1.54, 1.807) is 24.4 Å². The Bertz CT molecular complexity index is 781. The fraction of sp³-hybridized carbons (Fsp3) is 0. The Morgan fingerprint density at radius 3 is 2.95 bits per heavy atom. The number of hydrogen-bond donors (Lipinski definition) is 2. The van der Waals surface area contributed by atoms with Crippen LogP contribution in [-0.4, -0.2) is 20.1 Å². The minimum atomic E-state index is -0.519. The van der Waals surface area contributed by atoms with Gasteiger partial charge >= 0.3 is 5.69 Å². The minimum Gasteiger partial charge on any atom is -0.378 e. The first kappa shape index (κ1) is 11.1. The second-order valence-electron chi connectivity index (χ2n) is 4.02. The van der Waals surface area contributed by atoms with E-state index in [9.17, 15) is 10.1 Å². The second-order valence-corrected chi connectivity index (χ2v) is 4.02. The van der Waals surface area contributed by atoms with Crippen LogP contribution in [0.2, 0.25) is 0 Å². The predicted molar refractivity (Wildman–Crippen MR) is 70.4 cm³/mol. The third kappa shape index (κ3) is 1.77. The van der Waals surface area contributed by atoms with E-state index in [4.69, 9.17) is 5.73 Å². The molecule has 1 aromatic carbocycles. The summed E-state index contributed by atoms with van der Waals surface area (Å²) in [7, 11) is 0. The number of nitrogen functional groups attached to an aromatic ring is 1. The number of nitrogens with zero attached hydrogens (tertiary/aromatic N) is 3. The molecule has 0 spiro atoms. The van der Waals surface area contributed by atoms with Crippen LogP contribution in [0.15, 0.2) is 36.7 Å². The van der Waals surface area contributed by atoms with E-state index in [0.717, 1.165) is 10.9 Å². The van der Waals surface area contributed by atoms with Crippen molar-refractivity contribution in [3.05, 3.63) is 46.8 Å². The maximum absolute atomic E-state index is 11.1. The maximum atomic E-state index is 11.1. The predicted octanol–water partition coefficient (Wildman–Crippen LogP) is 2.12. The van der Waals surface area contributed by atoms with Crippen molar-refractivity contribution in [2.45, 2.75) is 0 Å². The van der Waals surface area contributed by atoms with E-state index < -0.39 is 4.92 Å². The molecule has 3 N–H and O–H groups in total. The van der Waals surface area contributed by atoms with Crippen molar-refractivity contribution < 1.29 is 4.92 Å². The van der Waals surface area contributed by atoms with Gasteiger partial charge in [-0.3, -0.25) is 15.2 Å².